The first-order valence-electron chi connectivity index (χ1n) is 11.8. The fraction of sp³-hybridized carbons (Fsp3) is 0.958. The molecule has 26 heavy (non-hydrogen) atoms. The molecule has 0 amide bonds. The van der Waals surface area contributed by atoms with Crippen LogP contribution in [0.3, 0.4) is 0 Å². The Morgan fingerprint density at radius 2 is 1.12 bits per heavy atom. The molecule has 0 unspecified atom stereocenters. The lowest BCUT2D eigenvalue weighted by Gasteiger charge is -2.05. The van der Waals surface area contributed by atoms with Crippen molar-refractivity contribution in [3.63, 3.8) is 0 Å². The summed E-state index contributed by atoms with van der Waals surface area (Å²) < 4.78 is 5.27. The molecule has 0 spiro atoms. The van der Waals surface area contributed by atoms with Gasteiger partial charge < -0.3 is 4.74 Å². The normalized spacial score (nSPS) is 11.2. The maximum absolute atomic E-state index is 11.5. The molecule has 0 aliphatic heterocycles. The van der Waals surface area contributed by atoms with Crippen LogP contribution in [0, 0.1) is 5.92 Å². The summed E-state index contributed by atoms with van der Waals surface area (Å²) in [4.78, 5) is 11.5. The highest BCUT2D eigenvalue weighted by Crippen LogP contribution is 2.14. The van der Waals surface area contributed by atoms with Gasteiger partial charge in [-0.1, -0.05) is 117 Å². The lowest BCUT2D eigenvalue weighted by molar-refractivity contribution is -0.143. The van der Waals surface area contributed by atoms with E-state index in [2.05, 4.69) is 20.8 Å². The zero-order chi connectivity index (χ0) is 19.3. The number of esters is 1. The van der Waals surface area contributed by atoms with Gasteiger partial charge in [-0.3, -0.25) is 4.79 Å². The molecule has 0 heterocycles. The molecular weight excluding hydrogens is 320 g/mol. The van der Waals surface area contributed by atoms with Crippen molar-refractivity contribution in [3.05, 3.63) is 0 Å². The number of hydrogen-bond acceptors (Lipinski definition) is 2. The zero-order valence-electron chi connectivity index (χ0n) is 18.3. The topological polar surface area (TPSA) is 26.3 Å². The molecule has 0 saturated heterocycles. The lowest BCUT2D eigenvalue weighted by atomic mass is 10.0. The first-order chi connectivity index (χ1) is 12.7. The highest BCUT2D eigenvalue weighted by atomic mass is 16.5. The van der Waals surface area contributed by atoms with Gasteiger partial charge in [0.1, 0.15) is 0 Å². The van der Waals surface area contributed by atoms with Crippen LogP contribution in [0.5, 0.6) is 0 Å². The summed E-state index contributed by atoms with van der Waals surface area (Å²) in [6.45, 7) is 7.43. The van der Waals surface area contributed by atoms with Crippen molar-refractivity contribution in [3.8, 4) is 0 Å². The Kier molecular flexibility index (Phi) is 20.4. The second-order valence-corrected chi connectivity index (χ2v) is 8.46. The zero-order valence-corrected chi connectivity index (χ0v) is 18.3. The average Bonchev–Trinajstić information content (AvgIpc) is 2.61. The summed E-state index contributed by atoms with van der Waals surface area (Å²) in [5, 5.41) is 0. The summed E-state index contributed by atoms with van der Waals surface area (Å²) in [5.74, 6) is 0.874. The summed E-state index contributed by atoms with van der Waals surface area (Å²) in [6, 6.07) is 0. The molecule has 0 atom stereocenters. The highest BCUT2D eigenvalue weighted by Gasteiger charge is 2.01. The maximum Gasteiger partial charge on any atom is 0.305 e. The standard InChI is InChI=1S/C24H48O2/c1-4-5-17-21-24(25)26-22-19-16-14-12-10-8-6-7-9-11-13-15-18-20-23(2)3/h23H,4-22H2,1-3H3. The molecule has 0 bridgehead atoms. The molecule has 0 aliphatic rings. The van der Waals surface area contributed by atoms with Gasteiger partial charge in [0.05, 0.1) is 6.61 Å². The van der Waals surface area contributed by atoms with Gasteiger partial charge in [0.15, 0.2) is 0 Å². The number of unbranched alkanes of at least 4 members (excludes halogenated alkanes) is 14. The molecular formula is C24H48O2. The van der Waals surface area contributed by atoms with Crippen LogP contribution in [0.2, 0.25) is 0 Å². The number of carbonyl (C=O) groups is 1. The van der Waals surface area contributed by atoms with Crippen LogP contribution in [0.1, 0.15) is 136 Å². The van der Waals surface area contributed by atoms with Crippen molar-refractivity contribution in [2.75, 3.05) is 6.61 Å². The predicted octanol–water partition coefficient (Wildman–Crippen LogP) is 8.23. The van der Waals surface area contributed by atoms with E-state index in [0.29, 0.717) is 13.0 Å². The van der Waals surface area contributed by atoms with Gasteiger partial charge in [-0.15, -0.1) is 0 Å². The van der Waals surface area contributed by atoms with Gasteiger partial charge >= 0.3 is 5.97 Å². The van der Waals surface area contributed by atoms with E-state index in [1.807, 2.05) is 0 Å². The third-order valence-corrected chi connectivity index (χ3v) is 5.17. The summed E-state index contributed by atoms with van der Waals surface area (Å²) in [7, 11) is 0. The summed E-state index contributed by atoms with van der Waals surface area (Å²) in [6.07, 6.45) is 23.0. The Morgan fingerprint density at radius 3 is 1.58 bits per heavy atom. The minimum atomic E-state index is -0.00151. The SMILES string of the molecule is CCCCCC(=O)OCCCCCCCCCCCCCCCC(C)C. The second-order valence-electron chi connectivity index (χ2n) is 8.46. The van der Waals surface area contributed by atoms with Crippen LogP contribution in [-0.2, 0) is 9.53 Å². The fourth-order valence-electron chi connectivity index (χ4n) is 3.38. The van der Waals surface area contributed by atoms with Gasteiger partial charge in [0.25, 0.3) is 0 Å². The van der Waals surface area contributed by atoms with E-state index >= 15 is 0 Å². The first kappa shape index (κ1) is 25.5. The highest BCUT2D eigenvalue weighted by molar-refractivity contribution is 5.69. The van der Waals surface area contributed by atoms with Crippen LogP contribution in [0.15, 0.2) is 0 Å². The molecule has 0 aromatic heterocycles. The molecule has 0 saturated carbocycles. The third-order valence-electron chi connectivity index (χ3n) is 5.17. The van der Waals surface area contributed by atoms with Gasteiger partial charge in [-0.25, -0.2) is 0 Å². The Hall–Kier alpha value is -0.530. The Labute approximate surface area is 164 Å². The van der Waals surface area contributed by atoms with Crippen molar-refractivity contribution in [2.24, 2.45) is 5.92 Å². The minimum Gasteiger partial charge on any atom is -0.466 e. The van der Waals surface area contributed by atoms with Crippen LogP contribution < -0.4 is 0 Å². The van der Waals surface area contributed by atoms with Crippen molar-refractivity contribution >= 4 is 5.97 Å². The first-order valence-corrected chi connectivity index (χ1v) is 11.8. The molecule has 0 fully saturated rings. The number of ether oxygens (including phenoxy) is 1. The van der Waals surface area contributed by atoms with Gasteiger partial charge in [-0.2, -0.15) is 0 Å². The van der Waals surface area contributed by atoms with Crippen molar-refractivity contribution < 1.29 is 9.53 Å². The van der Waals surface area contributed by atoms with E-state index in [0.717, 1.165) is 31.6 Å². The van der Waals surface area contributed by atoms with Crippen LogP contribution in [0.25, 0.3) is 0 Å². The molecule has 156 valence electrons. The molecule has 2 heteroatoms. The van der Waals surface area contributed by atoms with Gasteiger partial charge in [0.2, 0.25) is 0 Å². The smallest absolute Gasteiger partial charge is 0.305 e. The van der Waals surface area contributed by atoms with E-state index < -0.39 is 0 Å². The van der Waals surface area contributed by atoms with Crippen molar-refractivity contribution in [1.82, 2.24) is 0 Å². The number of rotatable bonds is 20. The molecule has 0 aromatic rings. The van der Waals surface area contributed by atoms with E-state index in [1.54, 1.807) is 0 Å². The fourth-order valence-corrected chi connectivity index (χ4v) is 3.38. The summed E-state index contributed by atoms with van der Waals surface area (Å²) in [5.41, 5.74) is 0. The predicted molar refractivity (Wildman–Crippen MR) is 115 cm³/mol. The van der Waals surface area contributed by atoms with Crippen molar-refractivity contribution in [1.29, 1.82) is 0 Å². The minimum absolute atomic E-state index is 0.00151. The molecule has 0 radical (unpaired) electrons. The van der Waals surface area contributed by atoms with Gasteiger partial charge in [0, 0.05) is 6.42 Å². The second kappa shape index (κ2) is 20.8. The van der Waals surface area contributed by atoms with Crippen LogP contribution in [0.4, 0.5) is 0 Å². The Morgan fingerprint density at radius 1 is 0.654 bits per heavy atom. The number of hydrogen-bond donors (Lipinski definition) is 0. The number of carbonyl (C=O) groups excluding carboxylic acids is 1. The van der Waals surface area contributed by atoms with E-state index in [9.17, 15) is 4.79 Å². The van der Waals surface area contributed by atoms with Crippen molar-refractivity contribution in [2.45, 2.75) is 136 Å². The molecule has 0 rings (SSSR count). The average molecular weight is 369 g/mol. The molecule has 0 N–H and O–H groups in total. The lowest BCUT2D eigenvalue weighted by Crippen LogP contribution is -2.05. The molecule has 2 nitrogen and oxygen atoms in total. The Bertz CT molecular complexity index is 286. The molecule has 0 aromatic carbocycles. The van der Waals surface area contributed by atoms with E-state index in [-0.39, 0.29) is 5.97 Å². The largest absolute Gasteiger partial charge is 0.466 e. The maximum atomic E-state index is 11.5. The van der Waals surface area contributed by atoms with E-state index in [1.165, 1.54) is 83.5 Å². The molecule has 0 aliphatic carbocycles. The third kappa shape index (κ3) is 21.5. The quantitative estimate of drug-likeness (QED) is 0.160. The monoisotopic (exact) mass is 368 g/mol. The van der Waals surface area contributed by atoms with Crippen LogP contribution >= 0.6 is 0 Å². The van der Waals surface area contributed by atoms with Gasteiger partial charge in [-0.05, 0) is 18.8 Å². The van der Waals surface area contributed by atoms with E-state index in [4.69, 9.17) is 4.74 Å². The van der Waals surface area contributed by atoms with Crippen LogP contribution in [-0.4, -0.2) is 12.6 Å². The Balaban J connectivity index is 3.08. The summed E-state index contributed by atoms with van der Waals surface area (Å²) >= 11 is 0.